The van der Waals surface area contributed by atoms with Crippen molar-refractivity contribution in [1.29, 1.82) is 0 Å². The Morgan fingerprint density at radius 3 is 2.64 bits per heavy atom. The summed E-state index contributed by atoms with van der Waals surface area (Å²) in [5, 5.41) is 0. The number of allylic oxidation sites excluding steroid dienone is 4. The minimum atomic E-state index is 1.19. The lowest BCUT2D eigenvalue weighted by Gasteiger charge is -1.98. The van der Waals surface area contributed by atoms with Crippen LogP contribution in [0.15, 0.2) is 22.8 Å². The molecular formula is C11H18. The molecule has 0 fully saturated rings. The molecule has 1 aliphatic carbocycles. The van der Waals surface area contributed by atoms with Crippen LogP contribution in [0.25, 0.3) is 0 Å². The molecule has 0 saturated carbocycles. The summed E-state index contributed by atoms with van der Waals surface area (Å²) in [4.78, 5) is 0. The fourth-order valence-electron chi connectivity index (χ4n) is 1.51. The molecule has 11 heavy (non-hydrogen) atoms. The van der Waals surface area contributed by atoms with Crippen LogP contribution < -0.4 is 0 Å². The second-order valence-corrected chi connectivity index (χ2v) is 3.50. The molecule has 1 aliphatic rings. The molecule has 0 aromatic heterocycles. The Bertz CT molecular complexity index is 194. The van der Waals surface area contributed by atoms with Crippen LogP contribution in [0, 0.1) is 0 Å². The van der Waals surface area contributed by atoms with Crippen LogP contribution in [0.5, 0.6) is 0 Å². The van der Waals surface area contributed by atoms with Crippen LogP contribution in [-0.2, 0) is 0 Å². The van der Waals surface area contributed by atoms with Crippen LogP contribution in [0.1, 0.15) is 46.5 Å². The van der Waals surface area contributed by atoms with Gasteiger partial charge in [0.25, 0.3) is 0 Å². The van der Waals surface area contributed by atoms with E-state index in [9.17, 15) is 0 Å². The minimum absolute atomic E-state index is 1.19. The third-order valence-corrected chi connectivity index (χ3v) is 2.52. The lowest BCUT2D eigenvalue weighted by atomic mass is 10.1. The van der Waals surface area contributed by atoms with E-state index >= 15 is 0 Å². The standard InChI is InChI=1S/C11H18/c1-4-9(2)8-11-7-5-6-10(11)3/h8H,4-7H2,1-3H3/b9-8-. The summed E-state index contributed by atoms with van der Waals surface area (Å²) in [6, 6.07) is 0. The van der Waals surface area contributed by atoms with Gasteiger partial charge < -0.3 is 0 Å². The van der Waals surface area contributed by atoms with E-state index in [2.05, 4.69) is 26.8 Å². The maximum absolute atomic E-state index is 2.38. The summed E-state index contributed by atoms with van der Waals surface area (Å²) < 4.78 is 0. The fourth-order valence-corrected chi connectivity index (χ4v) is 1.51. The highest BCUT2D eigenvalue weighted by molar-refractivity contribution is 5.30. The van der Waals surface area contributed by atoms with Crippen molar-refractivity contribution in [3.63, 3.8) is 0 Å². The normalized spacial score (nSPS) is 19.7. The van der Waals surface area contributed by atoms with E-state index in [1.165, 1.54) is 31.3 Å². The quantitative estimate of drug-likeness (QED) is 0.561. The number of rotatable bonds is 2. The maximum atomic E-state index is 2.38. The zero-order chi connectivity index (χ0) is 8.27. The highest BCUT2D eigenvalue weighted by atomic mass is 14.1. The van der Waals surface area contributed by atoms with Gasteiger partial charge in [-0.05, 0) is 45.1 Å². The van der Waals surface area contributed by atoms with Crippen molar-refractivity contribution in [2.75, 3.05) is 0 Å². The lowest BCUT2D eigenvalue weighted by Crippen LogP contribution is -1.77. The first-order valence-corrected chi connectivity index (χ1v) is 4.60. The third kappa shape index (κ3) is 2.21. The SMILES string of the molecule is CC/C(C)=C\C1=C(C)CCC1. The summed E-state index contributed by atoms with van der Waals surface area (Å²) in [6.07, 6.45) is 7.57. The van der Waals surface area contributed by atoms with Gasteiger partial charge in [-0.2, -0.15) is 0 Å². The molecule has 0 aromatic rings. The Kier molecular flexibility index (Phi) is 2.92. The van der Waals surface area contributed by atoms with Crippen molar-refractivity contribution in [3.05, 3.63) is 22.8 Å². The van der Waals surface area contributed by atoms with Gasteiger partial charge in [0.1, 0.15) is 0 Å². The number of hydrogen-bond donors (Lipinski definition) is 0. The highest BCUT2D eigenvalue weighted by Gasteiger charge is 2.07. The van der Waals surface area contributed by atoms with Gasteiger partial charge in [-0.15, -0.1) is 0 Å². The summed E-state index contributed by atoms with van der Waals surface area (Å²) in [6.45, 7) is 6.71. The van der Waals surface area contributed by atoms with Crippen LogP contribution in [0.4, 0.5) is 0 Å². The third-order valence-electron chi connectivity index (χ3n) is 2.52. The second-order valence-electron chi connectivity index (χ2n) is 3.50. The predicted molar refractivity (Wildman–Crippen MR) is 50.6 cm³/mol. The van der Waals surface area contributed by atoms with Gasteiger partial charge >= 0.3 is 0 Å². The molecule has 0 bridgehead atoms. The zero-order valence-electron chi connectivity index (χ0n) is 7.91. The fraction of sp³-hybridized carbons (Fsp3) is 0.636. The molecule has 0 aliphatic heterocycles. The zero-order valence-corrected chi connectivity index (χ0v) is 7.91. The molecule has 62 valence electrons. The van der Waals surface area contributed by atoms with Crippen LogP contribution in [-0.4, -0.2) is 0 Å². The molecule has 0 nitrogen and oxygen atoms in total. The molecule has 0 unspecified atom stereocenters. The molecule has 0 heteroatoms. The first kappa shape index (κ1) is 8.58. The van der Waals surface area contributed by atoms with Crippen LogP contribution in [0.3, 0.4) is 0 Å². The maximum Gasteiger partial charge on any atom is -0.0276 e. The van der Waals surface area contributed by atoms with Crippen molar-refractivity contribution in [2.24, 2.45) is 0 Å². The van der Waals surface area contributed by atoms with E-state index in [-0.39, 0.29) is 0 Å². The largest absolute Gasteiger partial charge is 0.0733 e. The van der Waals surface area contributed by atoms with Gasteiger partial charge in [0, 0.05) is 0 Å². The predicted octanol–water partition coefficient (Wildman–Crippen LogP) is 3.84. The smallest absolute Gasteiger partial charge is 0.0276 e. The minimum Gasteiger partial charge on any atom is -0.0733 e. The van der Waals surface area contributed by atoms with Gasteiger partial charge in [0.05, 0.1) is 0 Å². The molecule has 0 atom stereocenters. The molecule has 0 amide bonds. The first-order chi connectivity index (χ1) is 5.24. The summed E-state index contributed by atoms with van der Waals surface area (Å²) >= 11 is 0. The van der Waals surface area contributed by atoms with E-state index in [4.69, 9.17) is 0 Å². The average molecular weight is 150 g/mol. The molecule has 0 spiro atoms. The van der Waals surface area contributed by atoms with Gasteiger partial charge in [-0.1, -0.05) is 24.1 Å². The van der Waals surface area contributed by atoms with Crippen molar-refractivity contribution in [3.8, 4) is 0 Å². The van der Waals surface area contributed by atoms with E-state index < -0.39 is 0 Å². The lowest BCUT2D eigenvalue weighted by molar-refractivity contribution is 0.897. The summed E-state index contributed by atoms with van der Waals surface area (Å²) in [7, 11) is 0. The van der Waals surface area contributed by atoms with Crippen molar-refractivity contribution >= 4 is 0 Å². The Morgan fingerprint density at radius 2 is 2.18 bits per heavy atom. The van der Waals surface area contributed by atoms with E-state index in [0.29, 0.717) is 0 Å². The highest BCUT2D eigenvalue weighted by Crippen LogP contribution is 2.27. The molecule has 0 heterocycles. The van der Waals surface area contributed by atoms with Gasteiger partial charge in [0.2, 0.25) is 0 Å². The number of hydrogen-bond acceptors (Lipinski definition) is 0. The Morgan fingerprint density at radius 1 is 1.45 bits per heavy atom. The van der Waals surface area contributed by atoms with Crippen molar-refractivity contribution < 1.29 is 0 Å². The van der Waals surface area contributed by atoms with E-state index in [0.717, 1.165) is 0 Å². The van der Waals surface area contributed by atoms with Gasteiger partial charge in [-0.3, -0.25) is 0 Å². The molecule has 0 radical (unpaired) electrons. The van der Waals surface area contributed by atoms with Gasteiger partial charge in [0.15, 0.2) is 0 Å². The second kappa shape index (κ2) is 3.75. The Hall–Kier alpha value is -0.520. The average Bonchev–Trinajstić information content (AvgIpc) is 2.37. The monoisotopic (exact) mass is 150 g/mol. The molecular weight excluding hydrogens is 132 g/mol. The molecule has 0 N–H and O–H groups in total. The van der Waals surface area contributed by atoms with E-state index in [1.807, 2.05) is 0 Å². The molecule has 0 saturated heterocycles. The topological polar surface area (TPSA) is 0 Å². The Labute approximate surface area is 70.0 Å². The Balaban J connectivity index is 2.68. The van der Waals surface area contributed by atoms with Crippen molar-refractivity contribution in [1.82, 2.24) is 0 Å². The van der Waals surface area contributed by atoms with Crippen molar-refractivity contribution in [2.45, 2.75) is 46.5 Å². The first-order valence-electron chi connectivity index (χ1n) is 4.60. The summed E-state index contributed by atoms with van der Waals surface area (Å²) in [5.74, 6) is 0. The molecule has 1 rings (SSSR count). The van der Waals surface area contributed by atoms with Crippen LogP contribution in [0.2, 0.25) is 0 Å². The van der Waals surface area contributed by atoms with Crippen LogP contribution >= 0.6 is 0 Å². The summed E-state index contributed by atoms with van der Waals surface area (Å²) in [5.41, 5.74) is 4.73. The van der Waals surface area contributed by atoms with E-state index in [1.54, 1.807) is 11.1 Å². The molecule has 0 aromatic carbocycles. The van der Waals surface area contributed by atoms with Gasteiger partial charge in [-0.25, -0.2) is 0 Å².